The summed E-state index contributed by atoms with van der Waals surface area (Å²) in [4.78, 5) is 0. The molecular weight excluding hydrogens is 224 g/mol. The zero-order chi connectivity index (χ0) is 13.0. The second kappa shape index (κ2) is 5.69. The molecule has 0 bridgehead atoms. The summed E-state index contributed by atoms with van der Waals surface area (Å²) in [5.41, 5.74) is 4.26. The Balaban J connectivity index is 2.12. The first-order chi connectivity index (χ1) is 8.70. The Morgan fingerprint density at radius 3 is 2.39 bits per heavy atom. The van der Waals surface area contributed by atoms with Crippen molar-refractivity contribution in [3.05, 3.63) is 64.7 Å². The fourth-order valence-corrected chi connectivity index (χ4v) is 1.88. The third-order valence-electron chi connectivity index (χ3n) is 2.97. The summed E-state index contributed by atoms with van der Waals surface area (Å²) in [6.45, 7) is 4.59. The van der Waals surface area contributed by atoms with E-state index in [2.05, 4.69) is 31.2 Å². The molecule has 1 N–H and O–H groups in total. The lowest BCUT2D eigenvalue weighted by molar-refractivity contribution is 0.258. The molecule has 0 atom stereocenters. The minimum absolute atomic E-state index is 0.00487. The topological polar surface area (TPSA) is 29.5 Å². The molecule has 0 saturated heterocycles. The highest BCUT2D eigenvalue weighted by Crippen LogP contribution is 2.24. The fourth-order valence-electron chi connectivity index (χ4n) is 1.88. The molecule has 94 valence electrons. The summed E-state index contributed by atoms with van der Waals surface area (Å²) in [7, 11) is 0. The van der Waals surface area contributed by atoms with E-state index in [1.54, 1.807) is 0 Å². The van der Waals surface area contributed by atoms with E-state index in [0.29, 0.717) is 6.61 Å². The van der Waals surface area contributed by atoms with E-state index in [1.165, 1.54) is 5.56 Å². The van der Waals surface area contributed by atoms with Gasteiger partial charge in [0.15, 0.2) is 0 Å². The second-order valence-corrected chi connectivity index (χ2v) is 4.50. The van der Waals surface area contributed by atoms with E-state index < -0.39 is 0 Å². The van der Waals surface area contributed by atoms with Crippen LogP contribution in [0.5, 0.6) is 5.75 Å². The maximum absolute atomic E-state index is 9.30. The monoisotopic (exact) mass is 242 g/mol. The highest BCUT2D eigenvalue weighted by Gasteiger charge is 2.06. The zero-order valence-corrected chi connectivity index (χ0v) is 10.8. The van der Waals surface area contributed by atoms with Gasteiger partial charge in [0.05, 0.1) is 6.61 Å². The summed E-state index contributed by atoms with van der Waals surface area (Å²) in [5, 5.41) is 9.30. The largest absolute Gasteiger partial charge is 0.488 e. The lowest BCUT2D eigenvalue weighted by Crippen LogP contribution is -2.00. The molecule has 0 aromatic heterocycles. The number of benzene rings is 2. The van der Waals surface area contributed by atoms with Crippen molar-refractivity contribution < 1.29 is 9.84 Å². The van der Waals surface area contributed by atoms with Crippen molar-refractivity contribution in [2.75, 3.05) is 0 Å². The summed E-state index contributed by atoms with van der Waals surface area (Å²) >= 11 is 0. The molecule has 2 nitrogen and oxygen atoms in total. The van der Waals surface area contributed by atoms with Gasteiger partial charge >= 0.3 is 0 Å². The minimum Gasteiger partial charge on any atom is -0.488 e. The molecular formula is C16H18O2. The van der Waals surface area contributed by atoms with Crippen molar-refractivity contribution in [2.45, 2.75) is 27.1 Å². The number of aliphatic hydroxyl groups is 1. The van der Waals surface area contributed by atoms with Crippen molar-refractivity contribution in [3.63, 3.8) is 0 Å². The number of aryl methyl sites for hydroxylation is 2. The van der Waals surface area contributed by atoms with Gasteiger partial charge in [-0.3, -0.25) is 0 Å². The van der Waals surface area contributed by atoms with Gasteiger partial charge in [0.25, 0.3) is 0 Å². The summed E-state index contributed by atoms with van der Waals surface area (Å²) in [6, 6.07) is 14.1. The molecule has 0 radical (unpaired) electrons. The van der Waals surface area contributed by atoms with Gasteiger partial charge in [-0.2, -0.15) is 0 Å². The van der Waals surface area contributed by atoms with Crippen molar-refractivity contribution in [2.24, 2.45) is 0 Å². The molecule has 18 heavy (non-hydrogen) atoms. The predicted octanol–water partition coefficient (Wildman–Crippen LogP) is 3.37. The van der Waals surface area contributed by atoms with Crippen LogP contribution < -0.4 is 4.74 Å². The maximum Gasteiger partial charge on any atom is 0.128 e. The lowest BCUT2D eigenvalue weighted by atomic mass is 10.1. The molecule has 0 amide bonds. The standard InChI is InChI=1S/C16H18O2/c1-12-6-8-14(9-7-12)11-18-16-13(2)4-3-5-15(16)10-17/h3-9,17H,10-11H2,1-2H3. The van der Waals surface area contributed by atoms with Crippen LogP contribution in [0.4, 0.5) is 0 Å². The maximum atomic E-state index is 9.30. The first-order valence-corrected chi connectivity index (χ1v) is 6.08. The Hall–Kier alpha value is -1.80. The highest BCUT2D eigenvalue weighted by molar-refractivity contribution is 5.40. The molecule has 0 aliphatic rings. The number of aliphatic hydroxyl groups excluding tert-OH is 1. The molecule has 0 unspecified atom stereocenters. The first kappa shape index (κ1) is 12.7. The van der Waals surface area contributed by atoms with Gasteiger partial charge in [0, 0.05) is 5.56 Å². The Kier molecular flexibility index (Phi) is 4.00. The quantitative estimate of drug-likeness (QED) is 0.890. The smallest absolute Gasteiger partial charge is 0.128 e. The fraction of sp³-hybridized carbons (Fsp3) is 0.250. The van der Waals surface area contributed by atoms with E-state index in [4.69, 9.17) is 4.74 Å². The van der Waals surface area contributed by atoms with Crippen molar-refractivity contribution in [1.29, 1.82) is 0 Å². The van der Waals surface area contributed by atoms with E-state index >= 15 is 0 Å². The Bertz CT molecular complexity index is 515. The van der Waals surface area contributed by atoms with E-state index in [-0.39, 0.29) is 6.61 Å². The van der Waals surface area contributed by atoms with E-state index in [1.807, 2.05) is 25.1 Å². The van der Waals surface area contributed by atoms with Gasteiger partial charge in [0.1, 0.15) is 12.4 Å². The number of hydrogen-bond donors (Lipinski definition) is 1. The van der Waals surface area contributed by atoms with Crippen LogP contribution >= 0.6 is 0 Å². The number of para-hydroxylation sites is 1. The van der Waals surface area contributed by atoms with Gasteiger partial charge in [-0.15, -0.1) is 0 Å². The zero-order valence-electron chi connectivity index (χ0n) is 10.8. The van der Waals surface area contributed by atoms with Crippen molar-refractivity contribution >= 4 is 0 Å². The first-order valence-electron chi connectivity index (χ1n) is 6.08. The molecule has 0 heterocycles. The molecule has 0 saturated carbocycles. The number of hydrogen-bond acceptors (Lipinski definition) is 2. The average molecular weight is 242 g/mol. The van der Waals surface area contributed by atoms with E-state index in [0.717, 1.165) is 22.4 Å². The summed E-state index contributed by atoms with van der Waals surface area (Å²) in [5.74, 6) is 0.792. The van der Waals surface area contributed by atoms with Crippen LogP contribution in [-0.4, -0.2) is 5.11 Å². The van der Waals surface area contributed by atoms with Crippen molar-refractivity contribution in [3.8, 4) is 5.75 Å². The molecule has 2 rings (SSSR count). The van der Waals surface area contributed by atoms with Crippen LogP contribution in [0.3, 0.4) is 0 Å². The molecule has 2 aromatic rings. The third-order valence-corrected chi connectivity index (χ3v) is 2.97. The third kappa shape index (κ3) is 2.90. The van der Waals surface area contributed by atoms with Crippen molar-refractivity contribution in [1.82, 2.24) is 0 Å². The minimum atomic E-state index is 0.00487. The van der Waals surface area contributed by atoms with Gasteiger partial charge in [0.2, 0.25) is 0 Å². The Morgan fingerprint density at radius 1 is 1.00 bits per heavy atom. The molecule has 2 heteroatoms. The van der Waals surface area contributed by atoms with Gasteiger partial charge < -0.3 is 9.84 Å². The van der Waals surface area contributed by atoms with Crippen LogP contribution in [0.15, 0.2) is 42.5 Å². The summed E-state index contributed by atoms with van der Waals surface area (Å²) in [6.07, 6.45) is 0. The molecule has 0 fully saturated rings. The van der Waals surface area contributed by atoms with Gasteiger partial charge in [-0.1, -0.05) is 48.0 Å². The highest BCUT2D eigenvalue weighted by atomic mass is 16.5. The van der Waals surface area contributed by atoms with E-state index in [9.17, 15) is 5.11 Å². The number of rotatable bonds is 4. The molecule has 2 aromatic carbocycles. The summed E-state index contributed by atoms with van der Waals surface area (Å²) < 4.78 is 5.82. The normalized spacial score (nSPS) is 10.4. The second-order valence-electron chi connectivity index (χ2n) is 4.50. The van der Waals surface area contributed by atoms with Crippen LogP contribution in [-0.2, 0) is 13.2 Å². The van der Waals surface area contributed by atoms with Crippen LogP contribution in [0, 0.1) is 13.8 Å². The van der Waals surface area contributed by atoms with Gasteiger partial charge in [-0.05, 0) is 25.0 Å². The average Bonchev–Trinajstić information content (AvgIpc) is 2.39. The van der Waals surface area contributed by atoms with Crippen LogP contribution in [0.2, 0.25) is 0 Å². The number of ether oxygens (including phenoxy) is 1. The van der Waals surface area contributed by atoms with Crippen LogP contribution in [0.1, 0.15) is 22.3 Å². The lowest BCUT2D eigenvalue weighted by Gasteiger charge is -2.13. The predicted molar refractivity (Wildman–Crippen MR) is 72.6 cm³/mol. The van der Waals surface area contributed by atoms with Gasteiger partial charge in [-0.25, -0.2) is 0 Å². The molecule has 0 aliphatic carbocycles. The van der Waals surface area contributed by atoms with Crippen LogP contribution in [0.25, 0.3) is 0 Å². The molecule has 0 aliphatic heterocycles. The molecule has 0 spiro atoms. The Morgan fingerprint density at radius 2 is 1.72 bits per heavy atom. The Labute approximate surface area is 108 Å². The SMILES string of the molecule is Cc1ccc(COc2c(C)cccc2CO)cc1.